The van der Waals surface area contributed by atoms with Crippen molar-refractivity contribution in [3.63, 3.8) is 0 Å². The van der Waals surface area contributed by atoms with E-state index in [1.165, 1.54) is 29.5 Å². The number of rotatable bonds is 3. The number of aryl methyl sites for hydroxylation is 1. The quantitative estimate of drug-likeness (QED) is 0.796. The Morgan fingerprint density at radius 2 is 2.29 bits per heavy atom. The van der Waals surface area contributed by atoms with Gasteiger partial charge in [-0.05, 0) is 24.6 Å². The van der Waals surface area contributed by atoms with Crippen LogP contribution >= 0.6 is 22.9 Å². The molecule has 0 radical (unpaired) electrons. The van der Waals surface area contributed by atoms with E-state index in [4.69, 9.17) is 11.6 Å². The standard InChI is InChI=1S/C12H9ClFNOS/c1-7-12(17-6-15-7)11(16)4-8-2-3-9(14)5-10(8)13/h2-3,5-6H,4H2,1H3. The van der Waals surface area contributed by atoms with Crippen molar-refractivity contribution in [3.8, 4) is 0 Å². The van der Waals surface area contributed by atoms with Crippen LogP contribution in [0.3, 0.4) is 0 Å². The van der Waals surface area contributed by atoms with Crippen LogP contribution in [0, 0.1) is 12.7 Å². The fourth-order valence-electron chi connectivity index (χ4n) is 1.49. The highest BCUT2D eigenvalue weighted by Crippen LogP contribution is 2.21. The molecule has 2 rings (SSSR count). The SMILES string of the molecule is Cc1ncsc1C(=O)Cc1ccc(F)cc1Cl. The van der Waals surface area contributed by atoms with Gasteiger partial charge in [0.2, 0.25) is 0 Å². The molecule has 1 aromatic heterocycles. The number of halogens is 2. The van der Waals surface area contributed by atoms with E-state index in [2.05, 4.69) is 4.98 Å². The second-order valence-corrected chi connectivity index (χ2v) is 4.86. The van der Waals surface area contributed by atoms with Gasteiger partial charge in [0.05, 0.1) is 16.1 Å². The summed E-state index contributed by atoms with van der Waals surface area (Å²) in [5, 5.41) is 0.278. The predicted octanol–water partition coefficient (Wildman–Crippen LogP) is 3.67. The second kappa shape index (κ2) is 4.94. The molecule has 1 aromatic carbocycles. The Kier molecular flexibility index (Phi) is 3.54. The van der Waals surface area contributed by atoms with Crippen LogP contribution < -0.4 is 0 Å². The maximum atomic E-state index is 12.8. The van der Waals surface area contributed by atoms with Gasteiger partial charge in [-0.25, -0.2) is 9.37 Å². The van der Waals surface area contributed by atoms with E-state index in [-0.39, 0.29) is 17.2 Å². The van der Waals surface area contributed by atoms with Crippen molar-refractivity contribution in [1.29, 1.82) is 0 Å². The van der Waals surface area contributed by atoms with Crippen molar-refractivity contribution in [2.75, 3.05) is 0 Å². The van der Waals surface area contributed by atoms with E-state index in [0.29, 0.717) is 10.4 Å². The molecule has 2 nitrogen and oxygen atoms in total. The fraction of sp³-hybridized carbons (Fsp3) is 0.167. The Morgan fingerprint density at radius 3 is 2.88 bits per heavy atom. The number of hydrogen-bond donors (Lipinski definition) is 0. The Bertz CT molecular complexity index is 567. The van der Waals surface area contributed by atoms with Crippen molar-refractivity contribution in [2.45, 2.75) is 13.3 Å². The van der Waals surface area contributed by atoms with Crippen molar-refractivity contribution in [2.24, 2.45) is 0 Å². The number of ketones is 1. The van der Waals surface area contributed by atoms with Crippen molar-refractivity contribution >= 4 is 28.7 Å². The average molecular weight is 270 g/mol. The molecule has 88 valence electrons. The van der Waals surface area contributed by atoms with Crippen molar-refractivity contribution < 1.29 is 9.18 Å². The lowest BCUT2D eigenvalue weighted by Crippen LogP contribution is -2.03. The molecule has 0 spiro atoms. The summed E-state index contributed by atoms with van der Waals surface area (Å²) >= 11 is 7.18. The summed E-state index contributed by atoms with van der Waals surface area (Å²) in [6.07, 6.45) is 0.169. The monoisotopic (exact) mass is 269 g/mol. The van der Waals surface area contributed by atoms with Crippen molar-refractivity contribution in [3.05, 3.63) is 50.7 Å². The summed E-state index contributed by atoms with van der Waals surface area (Å²) in [6, 6.07) is 4.05. The highest BCUT2D eigenvalue weighted by Gasteiger charge is 2.14. The number of hydrogen-bond acceptors (Lipinski definition) is 3. The predicted molar refractivity (Wildman–Crippen MR) is 66.3 cm³/mol. The second-order valence-electron chi connectivity index (χ2n) is 3.60. The van der Waals surface area contributed by atoms with E-state index in [1.807, 2.05) is 0 Å². The van der Waals surface area contributed by atoms with Gasteiger partial charge in [0.15, 0.2) is 5.78 Å². The third-order valence-electron chi connectivity index (χ3n) is 2.36. The van der Waals surface area contributed by atoms with Crippen LogP contribution in [0.2, 0.25) is 5.02 Å². The van der Waals surface area contributed by atoms with E-state index in [1.54, 1.807) is 12.4 Å². The minimum atomic E-state index is -0.403. The lowest BCUT2D eigenvalue weighted by atomic mass is 10.1. The number of nitrogens with zero attached hydrogens (tertiary/aromatic N) is 1. The summed E-state index contributed by atoms with van der Waals surface area (Å²) in [5.74, 6) is -0.446. The third-order valence-corrected chi connectivity index (χ3v) is 3.69. The maximum absolute atomic E-state index is 12.8. The van der Waals surface area contributed by atoms with Crippen LogP contribution in [0.1, 0.15) is 20.9 Å². The molecule has 0 aliphatic heterocycles. The van der Waals surface area contributed by atoms with Gasteiger partial charge in [-0.3, -0.25) is 4.79 Å². The Balaban J connectivity index is 2.22. The Morgan fingerprint density at radius 1 is 1.53 bits per heavy atom. The summed E-state index contributed by atoms with van der Waals surface area (Å²) in [7, 11) is 0. The molecule has 0 amide bonds. The van der Waals surface area contributed by atoms with Gasteiger partial charge in [-0.2, -0.15) is 0 Å². The van der Waals surface area contributed by atoms with Gasteiger partial charge in [0.25, 0.3) is 0 Å². The lowest BCUT2D eigenvalue weighted by molar-refractivity contribution is 0.0996. The van der Waals surface area contributed by atoms with Gasteiger partial charge in [0, 0.05) is 11.4 Å². The molecule has 0 N–H and O–H groups in total. The molecule has 0 bridgehead atoms. The van der Waals surface area contributed by atoms with Crippen LogP contribution in [-0.2, 0) is 6.42 Å². The largest absolute Gasteiger partial charge is 0.293 e. The van der Waals surface area contributed by atoms with Crippen LogP contribution in [0.15, 0.2) is 23.7 Å². The van der Waals surface area contributed by atoms with E-state index in [0.717, 1.165) is 5.69 Å². The van der Waals surface area contributed by atoms with Crippen molar-refractivity contribution in [1.82, 2.24) is 4.98 Å². The summed E-state index contributed by atoms with van der Waals surface area (Å²) < 4.78 is 12.8. The topological polar surface area (TPSA) is 30.0 Å². The van der Waals surface area contributed by atoms with Gasteiger partial charge in [-0.15, -0.1) is 11.3 Å². The summed E-state index contributed by atoms with van der Waals surface area (Å²) in [5.41, 5.74) is 2.98. The lowest BCUT2D eigenvalue weighted by Gasteiger charge is -2.03. The Labute approximate surface area is 107 Å². The smallest absolute Gasteiger partial charge is 0.179 e. The number of aromatic nitrogens is 1. The first-order chi connectivity index (χ1) is 8.08. The zero-order chi connectivity index (χ0) is 12.4. The van der Waals surface area contributed by atoms with Gasteiger partial charge in [0.1, 0.15) is 5.82 Å². The minimum absolute atomic E-state index is 0.0430. The molecule has 0 aliphatic carbocycles. The molecule has 0 fully saturated rings. The molecule has 0 saturated carbocycles. The third kappa shape index (κ3) is 2.70. The molecule has 0 unspecified atom stereocenters. The average Bonchev–Trinajstić information content (AvgIpc) is 2.68. The Hall–Kier alpha value is -1.26. The molecule has 0 aliphatic rings. The zero-order valence-electron chi connectivity index (χ0n) is 9.04. The molecule has 0 saturated heterocycles. The normalized spacial score (nSPS) is 10.5. The molecule has 0 atom stereocenters. The number of Topliss-reactive ketones (excluding diaryl/α,β-unsaturated/α-hetero) is 1. The van der Waals surface area contributed by atoms with Gasteiger partial charge in [-0.1, -0.05) is 17.7 Å². The van der Waals surface area contributed by atoms with E-state index in [9.17, 15) is 9.18 Å². The van der Waals surface area contributed by atoms with Gasteiger partial charge >= 0.3 is 0 Å². The number of benzene rings is 1. The molecular weight excluding hydrogens is 261 g/mol. The highest BCUT2D eigenvalue weighted by molar-refractivity contribution is 7.11. The molecular formula is C12H9ClFNOS. The fourth-order valence-corrected chi connectivity index (χ4v) is 2.46. The number of carbonyl (C=O) groups is 1. The zero-order valence-corrected chi connectivity index (χ0v) is 10.6. The van der Waals surface area contributed by atoms with Gasteiger partial charge < -0.3 is 0 Å². The molecule has 1 heterocycles. The highest BCUT2D eigenvalue weighted by atomic mass is 35.5. The van der Waals surface area contributed by atoms with Crippen LogP contribution in [-0.4, -0.2) is 10.8 Å². The van der Waals surface area contributed by atoms with Crippen LogP contribution in [0.4, 0.5) is 4.39 Å². The minimum Gasteiger partial charge on any atom is -0.293 e. The first-order valence-electron chi connectivity index (χ1n) is 4.95. The maximum Gasteiger partial charge on any atom is 0.179 e. The van der Waals surface area contributed by atoms with Crippen LogP contribution in [0.25, 0.3) is 0 Å². The first kappa shape index (κ1) is 12.2. The first-order valence-corrected chi connectivity index (χ1v) is 6.21. The molecule has 2 aromatic rings. The molecule has 17 heavy (non-hydrogen) atoms. The molecule has 5 heteroatoms. The van der Waals surface area contributed by atoms with E-state index < -0.39 is 5.82 Å². The number of thiazole rings is 1. The number of carbonyl (C=O) groups excluding carboxylic acids is 1. The van der Waals surface area contributed by atoms with Crippen LogP contribution in [0.5, 0.6) is 0 Å². The van der Waals surface area contributed by atoms with E-state index >= 15 is 0 Å². The summed E-state index contributed by atoms with van der Waals surface area (Å²) in [6.45, 7) is 1.79. The summed E-state index contributed by atoms with van der Waals surface area (Å²) in [4.78, 5) is 16.6.